The normalized spacial score (nSPS) is 10.6. The number of thiocarbonyl (C=S) groups is 1. The number of nitrogens with one attached hydrogen (secondary N) is 1. The predicted molar refractivity (Wildman–Crippen MR) is 83.7 cm³/mol. The Morgan fingerprint density at radius 2 is 2.17 bits per heavy atom. The molecule has 0 aliphatic heterocycles. The van der Waals surface area contributed by atoms with Gasteiger partial charge >= 0.3 is 0 Å². The van der Waals surface area contributed by atoms with E-state index < -0.39 is 0 Å². The summed E-state index contributed by atoms with van der Waals surface area (Å²) in [5.41, 5.74) is 3.78. The van der Waals surface area contributed by atoms with Crippen LogP contribution in [-0.4, -0.2) is 23.4 Å². The van der Waals surface area contributed by atoms with Crippen molar-refractivity contribution in [2.24, 2.45) is 5.10 Å². The number of hydrogen-bond acceptors (Lipinski definition) is 4. The lowest BCUT2D eigenvalue weighted by molar-refractivity contribution is 0.309. The summed E-state index contributed by atoms with van der Waals surface area (Å²) in [5.74, 6) is 0.896. The number of hydrogen-bond donors (Lipinski definition) is 1. The Morgan fingerprint density at radius 1 is 1.44 bits per heavy atom. The molecule has 1 aromatic rings. The maximum Gasteiger partial charge on any atom is 0.153 e. The molecule has 0 saturated heterocycles. The first-order chi connectivity index (χ1) is 8.76. The smallest absolute Gasteiger partial charge is 0.153 e. The number of hydrazone groups is 1. The molecule has 0 amide bonds. The number of rotatable bonds is 6. The molecule has 0 unspecified atom stereocenters. The van der Waals surface area contributed by atoms with Gasteiger partial charge in [-0.3, -0.25) is 5.43 Å². The minimum atomic E-state index is 0.658. The molecule has 5 heteroatoms. The van der Waals surface area contributed by atoms with Gasteiger partial charge in [0.05, 0.1) is 12.8 Å². The SMILES string of the molecule is CCCCOc1ccc(/C=N/NC(=S)SC)cc1. The largest absolute Gasteiger partial charge is 0.494 e. The minimum Gasteiger partial charge on any atom is -0.494 e. The van der Waals surface area contributed by atoms with Gasteiger partial charge in [-0.25, -0.2) is 0 Å². The van der Waals surface area contributed by atoms with Gasteiger partial charge in [-0.1, -0.05) is 37.3 Å². The number of benzene rings is 1. The van der Waals surface area contributed by atoms with Gasteiger partial charge in [-0.2, -0.15) is 5.10 Å². The first-order valence-corrected chi connectivity index (χ1v) is 7.49. The third kappa shape index (κ3) is 6.02. The lowest BCUT2D eigenvalue weighted by atomic mass is 10.2. The first kappa shape index (κ1) is 15.0. The van der Waals surface area contributed by atoms with E-state index in [4.69, 9.17) is 17.0 Å². The molecule has 1 aromatic carbocycles. The number of thioether (sulfide) groups is 1. The van der Waals surface area contributed by atoms with E-state index in [9.17, 15) is 0 Å². The summed E-state index contributed by atoms with van der Waals surface area (Å²) in [6.45, 7) is 2.92. The highest BCUT2D eigenvalue weighted by Crippen LogP contribution is 2.11. The Balaban J connectivity index is 2.42. The van der Waals surface area contributed by atoms with Crippen LogP contribution < -0.4 is 10.2 Å². The molecule has 0 heterocycles. The molecule has 1 rings (SSSR count). The zero-order valence-corrected chi connectivity index (χ0v) is 12.3. The van der Waals surface area contributed by atoms with Crippen molar-refractivity contribution in [1.29, 1.82) is 0 Å². The zero-order valence-electron chi connectivity index (χ0n) is 10.7. The molecule has 0 saturated carbocycles. The van der Waals surface area contributed by atoms with Gasteiger partial charge < -0.3 is 4.74 Å². The molecule has 18 heavy (non-hydrogen) atoms. The Morgan fingerprint density at radius 3 is 2.78 bits per heavy atom. The van der Waals surface area contributed by atoms with Crippen LogP contribution >= 0.6 is 24.0 Å². The molecule has 0 aliphatic rings. The fraction of sp³-hybridized carbons (Fsp3) is 0.385. The predicted octanol–water partition coefficient (Wildman–Crippen LogP) is 3.44. The molecule has 0 aromatic heterocycles. The van der Waals surface area contributed by atoms with Gasteiger partial charge in [-0.15, -0.1) is 0 Å². The van der Waals surface area contributed by atoms with E-state index in [-0.39, 0.29) is 0 Å². The van der Waals surface area contributed by atoms with E-state index in [0.29, 0.717) is 4.32 Å². The van der Waals surface area contributed by atoms with Crippen LogP contribution in [-0.2, 0) is 0 Å². The highest BCUT2D eigenvalue weighted by atomic mass is 32.2. The summed E-state index contributed by atoms with van der Waals surface area (Å²) >= 11 is 6.43. The zero-order chi connectivity index (χ0) is 13.2. The summed E-state index contributed by atoms with van der Waals surface area (Å²) in [5, 5.41) is 4.04. The molecule has 0 fully saturated rings. The highest BCUT2D eigenvalue weighted by Gasteiger charge is 1.94. The van der Waals surface area contributed by atoms with Crippen LogP contribution in [0.1, 0.15) is 25.3 Å². The van der Waals surface area contributed by atoms with E-state index >= 15 is 0 Å². The van der Waals surface area contributed by atoms with Crippen LogP contribution in [0.25, 0.3) is 0 Å². The van der Waals surface area contributed by atoms with Gasteiger partial charge in [0.2, 0.25) is 0 Å². The maximum absolute atomic E-state index is 5.58. The van der Waals surface area contributed by atoms with Gasteiger partial charge in [0.1, 0.15) is 5.75 Å². The van der Waals surface area contributed by atoms with Crippen molar-refractivity contribution < 1.29 is 4.74 Å². The van der Waals surface area contributed by atoms with Gasteiger partial charge in [0.15, 0.2) is 4.32 Å². The molecule has 0 atom stereocenters. The molecular formula is C13H18N2OS2. The summed E-state index contributed by atoms with van der Waals surface area (Å²) in [6.07, 6.45) is 5.87. The average Bonchev–Trinajstić information content (AvgIpc) is 2.40. The average molecular weight is 282 g/mol. The van der Waals surface area contributed by atoms with Crippen molar-refractivity contribution in [2.75, 3.05) is 12.9 Å². The Kier molecular flexibility index (Phi) is 7.44. The molecule has 1 N–H and O–H groups in total. The van der Waals surface area contributed by atoms with Crippen LogP contribution in [0.2, 0.25) is 0 Å². The Hall–Kier alpha value is -1.07. The maximum atomic E-state index is 5.58. The van der Waals surface area contributed by atoms with Crippen molar-refractivity contribution >= 4 is 34.5 Å². The molecule has 3 nitrogen and oxygen atoms in total. The summed E-state index contributed by atoms with van der Waals surface area (Å²) in [7, 11) is 0. The Bertz CT molecular complexity index is 390. The third-order valence-corrected chi connectivity index (χ3v) is 3.25. The fourth-order valence-corrected chi connectivity index (χ4v) is 1.39. The third-order valence-electron chi connectivity index (χ3n) is 2.20. The van der Waals surface area contributed by atoms with Crippen LogP contribution in [0.15, 0.2) is 29.4 Å². The second-order valence-electron chi connectivity index (χ2n) is 3.63. The van der Waals surface area contributed by atoms with Gasteiger partial charge in [-0.05, 0) is 42.5 Å². The van der Waals surface area contributed by atoms with Crippen LogP contribution in [0.3, 0.4) is 0 Å². The standard InChI is InChI=1S/C13H18N2OS2/c1-3-4-9-16-12-7-5-11(6-8-12)10-14-15-13(17)18-2/h5-8,10H,3-4,9H2,1-2H3,(H,15,17)/b14-10+. The number of ether oxygens (including phenoxy) is 1. The molecule has 98 valence electrons. The van der Waals surface area contributed by atoms with Crippen molar-refractivity contribution in [3.8, 4) is 5.75 Å². The fourth-order valence-electron chi connectivity index (χ4n) is 1.19. The lowest BCUT2D eigenvalue weighted by Crippen LogP contribution is -2.10. The van der Waals surface area contributed by atoms with Crippen LogP contribution in [0.4, 0.5) is 0 Å². The van der Waals surface area contributed by atoms with E-state index in [0.717, 1.165) is 30.8 Å². The lowest BCUT2D eigenvalue weighted by Gasteiger charge is -2.04. The van der Waals surface area contributed by atoms with Crippen molar-refractivity contribution in [3.05, 3.63) is 29.8 Å². The molecule has 0 aliphatic carbocycles. The first-order valence-electron chi connectivity index (χ1n) is 5.86. The topological polar surface area (TPSA) is 33.6 Å². The van der Waals surface area contributed by atoms with Crippen LogP contribution in [0.5, 0.6) is 5.75 Å². The van der Waals surface area contributed by atoms with Gasteiger partial charge in [0.25, 0.3) is 0 Å². The Labute approximate surface area is 118 Å². The monoisotopic (exact) mass is 282 g/mol. The van der Waals surface area contributed by atoms with E-state index in [1.807, 2.05) is 30.5 Å². The highest BCUT2D eigenvalue weighted by molar-refractivity contribution is 8.22. The molecular weight excluding hydrogens is 264 g/mol. The van der Waals surface area contributed by atoms with E-state index in [1.165, 1.54) is 11.8 Å². The second kappa shape index (κ2) is 8.94. The second-order valence-corrected chi connectivity index (χ2v) is 5.12. The van der Waals surface area contributed by atoms with Crippen molar-refractivity contribution in [3.63, 3.8) is 0 Å². The van der Waals surface area contributed by atoms with E-state index in [1.54, 1.807) is 6.21 Å². The summed E-state index contributed by atoms with van der Waals surface area (Å²) in [6, 6.07) is 7.83. The quantitative estimate of drug-likeness (QED) is 0.375. The number of nitrogens with zero attached hydrogens (tertiary/aromatic N) is 1. The van der Waals surface area contributed by atoms with Crippen LogP contribution in [0, 0.1) is 0 Å². The van der Waals surface area contributed by atoms with Crippen molar-refractivity contribution in [2.45, 2.75) is 19.8 Å². The van der Waals surface area contributed by atoms with Crippen molar-refractivity contribution in [1.82, 2.24) is 5.43 Å². The molecule has 0 bridgehead atoms. The van der Waals surface area contributed by atoms with Gasteiger partial charge in [0, 0.05) is 0 Å². The molecule has 0 spiro atoms. The summed E-state index contributed by atoms with van der Waals surface area (Å²) < 4.78 is 6.24. The van der Waals surface area contributed by atoms with E-state index in [2.05, 4.69) is 17.5 Å². The molecule has 0 radical (unpaired) electrons. The minimum absolute atomic E-state index is 0.658. The number of unbranched alkanes of at least 4 members (excludes halogenated alkanes) is 1. The summed E-state index contributed by atoms with van der Waals surface area (Å²) in [4.78, 5) is 0.